The first-order valence-corrected chi connectivity index (χ1v) is 7.80. The standard InChI is InChI=1S/C10H19N3O3S.ClH/c1-17(15,16)13-7-5-12(6-8-13)10(14)9-3-2-4-11-9;/h9,11H,2-8H2,1H3;1H. The third-order valence-electron chi connectivity index (χ3n) is 3.38. The summed E-state index contributed by atoms with van der Waals surface area (Å²) in [5.41, 5.74) is 0. The van der Waals surface area contributed by atoms with Crippen LogP contribution in [0, 0.1) is 0 Å². The topological polar surface area (TPSA) is 69.7 Å². The molecule has 0 radical (unpaired) electrons. The van der Waals surface area contributed by atoms with Crippen molar-refractivity contribution in [2.24, 2.45) is 0 Å². The molecule has 0 aromatic heterocycles. The van der Waals surface area contributed by atoms with Gasteiger partial charge in [-0.25, -0.2) is 8.42 Å². The van der Waals surface area contributed by atoms with E-state index in [1.165, 1.54) is 10.6 Å². The van der Waals surface area contributed by atoms with Crippen molar-refractivity contribution in [1.82, 2.24) is 14.5 Å². The lowest BCUT2D eigenvalue weighted by Gasteiger charge is -2.34. The molecule has 1 amide bonds. The minimum Gasteiger partial charge on any atom is -0.339 e. The van der Waals surface area contributed by atoms with E-state index >= 15 is 0 Å². The summed E-state index contributed by atoms with van der Waals surface area (Å²) in [6, 6.07) is -0.0558. The Bertz CT molecular complexity index is 387. The Labute approximate surface area is 114 Å². The van der Waals surface area contributed by atoms with Crippen molar-refractivity contribution >= 4 is 28.3 Å². The average Bonchev–Trinajstić information content (AvgIpc) is 2.80. The van der Waals surface area contributed by atoms with Crippen molar-refractivity contribution < 1.29 is 13.2 Å². The molecule has 0 aliphatic carbocycles. The zero-order chi connectivity index (χ0) is 12.5. The number of nitrogens with one attached hydrogen (secondary N) is 1. The van der Waals surface area contributed by atoms with Gasteiger partial charge in [0.05, 0.1) is 12.3 Å². The highest BCUT2D eigenvalue weighted by Crippen LogP contribution is 2.12. The van der Waals surface area contributed by atoms with Crippen LogP contribution >= 0.6 is 12.4 Å². The highest BCUT2D eigenvalue weighted by molar-refractivity contribution is 7.88. The van der Waals surface area contributed by atoms with Crippen LogP contribution in [0.4, 0.5) is 0 Å². The molecule has 2 rings (SSSR count). The zero-order valence-electron chi connectivity index (χ0n) is 10.5. The maximum atomic E-state index is 12.1. The van der Waals surface area contributed by atoms with Crippen molar-refractivity contribution in [3.05, 3.63) is 0 Å². The maximum Gasteiger partial charge on any atom is 0.239 e. The lowest BCUT2D eigenvalue weighted by Crippen LogP contribution is -2.53. The number of hydrogen-bond donors (Lipinski definition) is 1. The first kappa shape index (κ1) is 15.7. The smallest absolute Gasteiger partial charge is 0.239 e. The van der Waals surface area contributed by atoms with Gasteiger partial charge in [0.25, 0.3) is 0 Å². The molecule has 2 fully saturated rings. The number of carbonyl (C=O) groups is 1. The van der Waals surface area contributed by atoms with Crippen molar-refractivity contribution in [3.63, 3.8) is 0 Å². The fourth-order valence-corrected chi connectivity index (χ4v) is 3.18. The summed E-state index contributed by atoms with van der Waals surface area (Å²) < 4.78 is 24.1. The normalized spacial score (nSPS) is 25.8. The first-order valence-electron chi connectivity index (χ1n) is 5.96. The number of carbonyl (C=O) groups excluding carboxylic acids is 1. The van der Waals surface area contributed by atoms with Crippen molar-refractivity contribution in [3.8, 4) is 0 Å². The summed E-state index contributed by atoms with van der Waals surface area (Å²) in [6.07, 6.45) is 3.15. The van der Waals surface area contributed by atoms with E-state index < -0.39 is 10.0 Å². The van der Waals surface area contributed by atoms with Gasteiger partial charge in [-0.15, -0.1) is 12.4 Å². The number of halogens is 1. The monoisotopic (exact) mass is 297 g/mol. The van der Waals surface area contributed by atoms with E-state index in [-0.39, 0.29) is 24.4 Å². The molecule has 1 N–H and O–H groups in total. The fourth-order valence-electron chi connectivity index (χ4n) is 2.36. The van der Waals surface area contributed by atoms with Crippen LogP contribution < -0.4 is 5.32 Å². The Kier molecular flexibility index (Phi) is 5.39. The van der Waals surface area contributed by atoms with Crippen LogP contribution in [0.1, 0.15) is 12.8 Å². The van der Waals surface area contributed by atoms with Crippen molar-refractivity contribution in [2.45, 2.75) is 18.9 Å². The van der Waals surface area contributed by atoms with Gasteiger partial charge < -0.3 is 10.2 Å². The van der Waals surface area contributed by atoms with Crippen LogP contribution in [-0.4, -0.2) is 68.6 Å². The van der Waals surface area contributed by atoms with Gasteiger partial charge in [-0.2, -0.15) is 4.31 Å². The maximum absolute atomic E-state index is 12.1. The minimum atomic E-state index is -3.11. The number of rotatable bonds is 2. The number of sulfonamides is 1. The molecule has 2 saturated heterocycles. The number of amides is 1. The molecule has 2 aliphatic heterocycles. The highest BCUT2D eigenvalue weighted by atomic mass is 35.5. The summed E-state index contributed by atoms with van der Waals surface area (Å²) >= 11 is 0. The third kappa shape index (κ3) is 3.57. The van der Waals surface area contributed by atoms with E-state index in [1.807, 2.05) is 0 Å². The molecule has 2 aliphatic rings. The van der Waals surface area contributed by atoms with Gasteiger partial charge in [0.2, 0.25) is 15.9 Å². The molecule has 0 bridgehead atoms. The molecule has 1 unspecified atom stereocenters. The summed E-state index contributed by atoms with van der Waals surface area (Å²) in [4.78, 5) is 13.8. The second-order valence-corrected chi connectivity index (χ2v) is 6.62. The van der Waals surface area contributed by atoms with Crippen LogP contribution in [0.25, 0.3) is 0 Å². The van der Waals surface area contributed by atoms with Gasteiger partial charge in [0.15, 0.2) is 0 Å². The van der Waals surface area contributed by atoms with Gasteiger partial charge in [-0.1, -0.05) is 0 Å². The fraction of sp³-hybridized carbons (Fsp3) is 0.900. The SMILES string of the molecule is CS(=O)(=O)N1CCN(C(=O)C2CCCN2)CC1.Cl. The number of hydrogen-bond acceptors (Lipinski definition) is 4. The minimum absolute atomic E-state index is 0. The quantitative estimate of drug-likeness (QED) is 0.729. The molecule has 106 valence electrons. The molecule has 8 heteroatoms. The van der Waals surface area contributed by atoms with Gasteiger partial charge in [-0.05, 0) is 19.4 Å². The molecule has 0 saturated carbocycles. The van der Waals surface area contributed by atoms with Crippen LogP contribution in [0.15, 0.2) is 0 Å². The van der Waals surface area contributed by atoms with E-state index in [4.69, 9.17) is 0 Å². The Morgan fingerprint density at radius 3 is 2.28 bits per heavy atom. The van der Waals surface area contributed by atoms with Crippen molar-refractivity contribution in [2.75, 3.05) is 39.0 Å². The van der Waals surface area contributed by atoms with Crippen molar-refractivity contribution in [1.29, 1.82) is 0 Å². The van der Waals surface area contributed by atoms with E-state index in [9.17, 15) is 13.2 Å². The van der Waals surface area contributed by atoms with E-state index in [2.05, 4.69) is 5.32 Å². The van der Waals surface area contributed by atoms with Gasteiger partial charge >= 0.3 is 0 Å². The van der Waals surface area contributed by atoms with Gasteiger partial charge in [-0.3, -0.25) is 4.79 Å². The number of piperazine rings is 1. The predicted molar refractivity (Wildman–Crippen MR) is 71.3 cm³/mol. The molecule has 2 heterocycles. The van der Waals surface area contributed by atoms with Crippen LogP contribution in [0.5, 0.6) is 0 Å². The molecule has 18 heavy (non-hydrogen) atoms. The summed E-state index contributed by atoms with van der Waals surface area (Å²) in [5, 5.41) is 3.17. The average molecular weight is 298 g/mol. The second-order valence-electron chi connectivity index (χ2n) is 4.64. The molecule has 0 aromatic carbocycles. The molecule has 0 aromatic rings. The zero-order valence-corrected chi connectivity index (χ0v) is 12.1. The largest absolute Gasteiger partial charge is 0.339 e. The number of nitrogens with zero attached hydrogens (tertiary/aromatic N) is 2. The third-order valence-corrected chi connectivity index (χ3v) is 4.68. The Morgan fingerprint density at radius 2 is 1.83 bits per heavy atom. The second kappa shape index (κ2) is 6.18. The van der Waals surface area contributed by atoms with Crippen LogP contribution in [0.3, 0.4) is 0 Å². The lowest BCUT2D eigenvalue weighted by molar-refractivity contribution is -0.134. The van der Waals surface area contributed by atoms with E-state index in [0.29, 0.717) is 26.2 Å². The highest BCUT2D eigenvalue weighted by Gasteiger charge is 2.31. The predicted octanol–water partition coefficient (Wildman–Crippen LogP) is -0.736. The van der Waals surface area contributed by atoms with Crippen LogP contribution in [-0.2, 0) is 14.8 Å². The molecular formula is C10H20ClN3O3S. The summed E-state index contributed by atoms with van der Waals surface area (Å²) in [7, 11) is -3.11. The Hall–Kier alpha value is -0.370. The Morgan fingerprint density at radius 1 is 1.22 bits per heavy atom. The van der Waals surface area contributed by atoms with Gasteiger partial charge in [0.1, 0.15) is 0 Å². The Balaban J connectivity index is 0.00000162. The van der Waals surface area contributed by atoms with Crippen LogP contribution in [0.2, 0.25) is 0 Å². The molecule has 6 nitrogen and oxygen atoms in total. The summed E-state index contributed by atoms with van der Waals surface area (Å²) in [5.74, 6) is 0.121. The lowest BCUT2D eigenvalue weighted by atomic mass is 10.2. The van der Waals surface area contributed by atoms with E-state index in [1.54, 1.807) is 4.90 Å². The summed E-state index contributed by atoms with van der Waals surface area (Å²) in [6.45, 7) is 2.74. The van der Waals surface area contributed by atoms with Gasteiger partial charge in [0, 0.05) is 26.2 Å². The van der Waals surface area contributed by atoms with E-state index in [0.717, 1.165) is 19.4 Å². The first-order chi connectivity index (χ1) is 7.98. The molecule has 0 spiro atoms. The molecule has 1 atom stereocenters. The molecular weight excluding hydrogens is 278 g/mol.